The zero-order valence-electron chi connectivity index (χ0n) is 20.2. The van der Waals surface area contributed by atoms with Crippen molar-refractivity contribution < 1.29 is 14.6 Å². The third kappa shape index (κ3) is 4.84. The predicted molar refractivity (Wildman–Crippen MR) is 138 cm³/mol. The number of hydrogen-bond acceptors (Lipinski definition) is 6. The van der Waals surface area contributed by atoms with Gasteiger partial charge in [-0.2, -0.15) is 0 Å². The van der Waals surface area contributed by atoms with E-state index in [0.29, 0.717) is 29.8 Å². The summed E-state index contributed by atoms with van der Waals surface area (Å²) in [6, 6.07) is 10.3. The van der Waals surface area contributed by atoms with Crippen molar-refractivity contribution in [2.45, 2.75) is 51.1 Å². The highest BCUT2D eigenvalue weighted by molar-refractivity contribution is 6.32. The highest BCUT2D eigenvalue weighted by atomic mass is 35.5. The van der Waals surface area contributed by atoms with E-state index in [9.17, 15) is 9.90 Å². The number of aromatic nitrogens is 1. The summed E-state index contributed by atoms with van der Waals surface area (Å²) < 4.78 is 5.28. The van der Waals surface area contributed by atoms with Gasteiger partial charge in [0, 0.05) is 30.1 Å². The molecular formula is C27H32ClN3O3. The van der Waals surface area contributed by atoms with Crippen LogP contribution >= 0.6 is 11.6 Å². The minimum Gasteiger partial charge on any atom is -0.503 e. The number of nitrogens with one attached hydrogen (secondary N) is 1. The molecule has 0 unspecified atom stereocenters. The highest BCUT2D eigenvalue weighted by Gasteiger charge is 2.24. The molecule has 0 bridgehead atoms. The van der Waals surface area contributed by atoms with Crippen molar-refractivity contribution in [1.29, 1.82) is 0 Å². The van der Waals surface area contributed by atoms with Crippen LogP contribution in [0.2, 0.25) is 5.02 Å². The Labute approximate surface area is 205 Å². The molecular weight excluding hydrogens is 450 g/mol. The van der Waals surface area contributed by atoms with Crippen LogP contribution in [0.1, 0.15) is 49.4 Å². The van der Waals surface area contributed by atoms with Gasteiger partial charge in [-0.25, -0.2) is 0 Å². The van der Waals surface area contributed by atoms with Crippen molar-refractivity contribution in [2.24, 2.45) is 0 Å². The number of carbonyl (C=O) groups excluding carboxylic acids is 1. The summed E-state index contributed by atoms with van der Waals surface area (Å²) in [6.07, 6.45) is 6.47. The molecule has 0 aliphatic heterocycles. The number of hydrogen-bond donors (Lipinski definition) is 2. The van der Waals surface area contributed by atoms with Crippen molar-refractivity contribution in [2.75, 3.05) is 26.5 Å². The van der Waals surface area contributed by atoms with Crippen molar-refractivity contribution in [3.63, 3.8) is 0 Å². The number of Topliss-reactive ketones (excluding diaryl/α,β-unsaturated/α-hetero) is 1. The van der Waals surface area contributed by atoms with Gasteiger partial charge in [0.1, 0.15) is 0 Å². The average Bonchev–Trinajstić information content (AvgIpc) is 2.85. The van der Waals surface area contributed by atoms with Crippen LogP contribution in [0.5, 0.6) is 11.5 Å². The zero-order valence-corrected chi connectivity index (χ0v) is 20.9. The Balaban J connectivity index is 1.78. The van der Waals surface area contributed by atoms with Crippen LogP contribution in [-0.2, 0) is 0 Å². The van der Waals surface area contributed by atoms with Crippen molar-refractivity contribution in [3.8, 4) is 22.6 Å². The fraction of sp³-hybridized carbons (Fsp3) is 0.407. The minimum absolute atomic E-state index is 0.0682. The van der Waals surface area contributed by atoms with Crippen molar-refractivity contribution >= 4 is 34.0 Å². The Hall–Kier alpha value is -2.83. The smallest absolute Gasteiger partial charge is 0.176 e. The number of methoxy groups -OCH3 is 1. The summed E-state index contributed by atoms with van der Waals surface area (Å²) in [5.41, 5.74) is 4.01. The Morgan fingerprint density at radius 3 is 2.56 bits per heavy atom. The first-order chi connectivity index (χ1) is 16.3. The number of rotatable bonds is 7. The highest BCUT2D eigenvalue weighted by Crippen LogP contribution is 2.40. The summed E-state index contributed by atoms with van der Waals surface area (Å²) >= 11 is 6.24. The Bertz CT molecular complexity index is 1200. The molecule has 1 aromatic heterocycles. The minimum atomic E-state index is -0.0816. The predicted octanol–water partition coefficient (Wildman–Crippen LogP) is 6.15. The zero-order chi connectivity index (χ0) is 24.4. The van der Waals surface area contributed by atoms with Gasteiger partial charge in [-0.15, -0.1) is 0 Å². The van der Waals surface area contributed by atoms with Gasteiger partial charge in [-0.05, 0) is 75.2 Å². The molecule has 1 aliphatic rings. The second-order valence-corrected chi connectivity index (χ2v) is 9.59. The van der Waals surface area contributed by atoms with E-state index < -0.39 is 0 Å². The number of benzene rings is 2. The molecule has 0 amide bonds. The lowest BCUT2D eigenvalue weighted by atomic mass is 9.90. The Morgan fingerprint density at radius 2 is 1.91 bits per heavy atom. The molecule has 1 aliphatic carbocycles. The van der Waals surface area contributed by atoms with Gasteiger partial charge in [0.25, 0.3) is 0 Å². The van der Waals surface area contributed by atoms with Gasteiger partial charge in [-0.1, -0.05) is 24.6 Å². The summed E-state index contributed by atoms with van der Waals surface area (Å²) in [6.45, 7) is 1.87. The molecule has 0 atom stereocenters. The molecule has 0 saturated heterocycles. The molecule has 1 fully saturated rings. The van der Waals surface area contributed by atoms with Crippen LogP contribution in [-0.4, -0.2) is 54.1 Å². The first kappa shape index (κ1) is 24.3. The van der Waals surface area contributed by atoms with E-state index in [1.807, 2.05) is 25.1 Å². The standard InChI is InChI=1S/C27H32ClN3O3/c1-5-24(32)21-15-29-23-11-6-16(17-13-22(28)27(33)25(14-17)34-4)12-20(23)26(21)30-18-7-9-19(10-8-18)31(2)3/h6,11-15,18-19,33H,5,7-10H2,1-4H3,(H,29,30). The van der Waals surface area contributed by atoms with Crippen LogP contribution in [0.4, 0.5) is 5.69 Å². The average molecular weight is 482 g/mol. The normalized spacial score (nSPS) is 18.3. The Kier molecular flexibility index (Phi) is 7.29. The van der Waals surface area contributed by atoms with Crippen molar-refractivity contribution in [1.82, 2.24) is 9.88 Å². The number of ether oxygens (including phenoxy) is 1. The molecule has 1 heterocycles. The summed E-state index contributed by atoms with van der Waals surface area (Å²) in [7, 11) is 5.77. The third-order valence-electron chi connectivity index (χ3n) is 6.85. The number of aromatic hydroxyl groups is 1. The molecule has 3 aromatic rings. The van der Waals surface area contributed by atoms with Gasteiger partial charge < -0.3 is 20.1 Å². The van der Waals surface area contributed by atoms with E-state index in [0.717, 1.165) is 53.4 Å². The number of halogens is 1. The summed E-state index contributed by atoms with van der Waals surface area (Å²) in [4.78, 5) is 19.7. The lowest BCUT2D eigenvalue weighted by Gasteiger charge is -2.34. The quantitative estimate of drug-likeness (QED) is 0.394. The SMILES string of the molecule is CCC(=O)c1cnc2ccc(-c3cc(Cl)c(O)c(OC)c3)cc2c1NC1CCC(N(C)C)CC1. The number of phenolic OH excluding ortho intramolecular Hbond substituents is 1. The summed E-state index contributed by atoms with van der Waals surface area (Å²) in [5, 5.41) is 15.0. The second-order valence-electron chi connectivity index (χ2n) is 9.18. The molecule has 2 N–H and O–H groups in total. The molecule has 4 rings (SSSR count). The molecule has 0 radical (unpaired) electrons. The number of nitrogens with zero attached hydrogens (tertiary/aromatic N) is 2. The first-order valence-corrected chi connectivity index (χ1v) is 12.2. The summed E-state index contributed by atoms with van der Waals surface area (Å²) in [5.74, 6) is 0.298. The third-order valence-corrected chi connectivity index (χ3v) is 7.13. The van der Waals surface area contributed by atoms with Gasteiger partial charge in [0.2, 0.25) is 0 Å². The fourth-order valence-corrected chi connectivity index (χ4v) is 4.98. The first-order valence-electron chi connectivity index (χ1n) is 11.8. The topological polar surface area (TPSA) is 74.7 Å². The monoisotopic (exact) mass is 481 g/mol. The van der Waals surface area contributed by atoms with Gasteiger partial charge in [0.15, 0.2) is 17.3 Å². The maximum atomic E-state index is 12.8. The lowest BCUT2D eigenvalue weighted by Crippen LogP contribution is -2.36. The second kappa shape index (κ2) is 10.2. The Morgan fingerprint density at radius 1 is 1.18 bits per heavy atom. The lowest BCUT2D eigenvalue weighted by molar-refractivity contribution is 0.0988. The van der Waals surface area contributed by atoms with Crippen LogP contribution < -0.4 is 10.1 Å². The van der Waals surface area contributed by atoms with Gasteiger partial charge in [0.05, 0.1) is 28.9 Å². The molecule has 7 heteroatoms. The number of pyridine rings is 1. The van der Waals surface area contributed by atoms with Gasteiger partial charge in [-0.3, -0.25) is 9.78 Å². The number of ketones is 1. The molecule has 180 valence electrons. The molecule has 6 nitrogen and oxygen atoms in total. The van der Waals surface area contributed by atoms with Crippen molar-refractivity contribution in [3.05, 3.63) is 47.1 Å². The van der Waals surface area contributed by atoms with E-state index in [1.54, 1.807) is 18.3 Å². The maximum absolute atomic E-state index is 12.8. The van der Waals surface area contributed by atoms with Crippen LogP contribution in [0.15, 0.2) is 36.5 Å². The van der Waals surface area contributed by atoms with Gasteiger partial charge >= 0.3 is 0 Å². The number of carbonyl (C=O) groups is 1. The van der Waals surface area contributed by atoms with E-state index in [2.05, 4.69) is 29.3 Å². The van der Waals surface area contributed by atoms with Crippen LogP contribution in [0, 0.1) is 0 Å². The van der Waals surface area contributed by atoms with E-state index >= 15 is 0 Å². The van der Waals surface area contributed by atoms with Crippen LogP contribution in [0.25, 0.3) is 22.0 Å². The molecule has 1 saturated carbocycles. The molecule has 34 heavy (non-hydrogen) atoms. The van der Waals surface area contributed by atoms with E-state index in [1.165, 1.54) is 7.11 Å². The molecule has 2 aromatic carbocycles. The fourth-order valence-electron chi connectivity index (χ4n) is 4.77. The number of fused-ring (bicyclic) bond motifs is 1. The number of anilines is 1. The maximum Gasteiger partial charge on any atom is 0.176 e. The van der Waals surface area contributed by atoms with Crippen LogP contribution in [0.3, 0.4) is 0 Å². The molecule has 0 spiro atoms. The van der Waals surface area contributed by atoms with E-state index in [-0.39, 0.29) is 16.6 Å². The van der Waals surface area contributed by atoms with E-state index in [4.69, 9.17) is 16.3 Å². The largest absolute Gasteiger partial charge is 0.503 e. The number of phenols is 1.